The normalized spacial score (nSPS) is 14.5. The van der Waals surface area contributed by atoms with Gasteiger partial charge in [-0.15, -0.1) is 0 Å². The van der Waals surface area contributed by atoms with E-state index in [2.05, 4.69) is 39.3 Å². The summed E-state index contributed by atoms with van der Waals surface area (Å²) in [5, 5.41) is 15.4. The number of carbonyl (C=O) groups excluding carboxylic acids is 3. The van der Waals surface area contributed by atoms with E-state index in [0.29, 0.717) is 33.5 Å². The second-order valence-corrected chi connectivity index (χ2v) is 10.4. The molecule has 0 radical (unpaired) electrons. The molecule has 3 heterocycles. The fourth-order valence-corrected chi connectivity index (χ4v) is 4.77. The molecular formula is C27H34ClN7O4. The number of halogens is 1. The van der Waals surface area contributed by atoms with Crippen LogP contribution >= 0.6 is 11.6 Å². The van der Waals surface area contributed by atoms with E-state index in [4.69, 9.17) is 11.6 Å². The number of aromatic nitrogens is 3. The zero-order valence-corrected chi connectivity index (χ0v) is 23.1. The molecule has 2 aromatic heterocycles. The highest BCUT2D eigenvalue weighted by molar-refractivity contribution is 6.30. The van der Waals surface area contributed by atoms with Crippen molar-refractivity contribution in [3.05, 3.63) is 52.9 Å². The van der Waals surface area contributed by atoms with E-state index in [1.807, 2.05) is 0 Å². The number of likely N-dealkylation sites (tertiary alicyclic amines) is 1. The number of benzene rings is 1. The fourth-order valence-electron chi connectivity index (χ4n) is 4.65. The molecule has 39 heavy (non-hydrogen) atoms. The van der Waals surface area contributed by atoms with Crippen molar-refractivity contribution in [1.82, 2.24) is 29.7 Å². The summed E-state index contributed by atoms with van der Waals surface area (Å²) in [6.45, 7) is 5.95. The van der Waals surface area contributed by atoms with Gasteiger partial charge in [-0.05, 0) is 57.0 Å². The number of likely N-dealkylation sites (N-methyl/N-ethyl adjacent to an activating group) is 1. The van der Waals surface area contributed by atoms with Gasteiger partial charge in [0.05, 0.1) is 22.7 Å². The van der Waals surface area contributed by atoms with Crippen molar-refractivity contribution in [2.24, 2.45) is 0 Å². The predicted molar refractivity (Wildman–Crippen MR) is 149 cm³/mol. The molecule has 1 aliphatic rings. The van der Waals surface area contributed by atoms with Gasteiger partial charge < -0.3 is 30.1 Å². The van der Waals surface area contributed by atoms with Gasteiger partial charge in [-0.2, -0.15) is 0 Å². The minimum atomic E-state index is -0.397. The molecule has 11 nitrogen and oxygen atoms in total. The largest absolute Gasteiger partial charge is 0.395 e. The quantitative estimate of drug-likeness (QED) is 0.369. The van der Waals surface area contributed by atoms with Crippen molar-refractivity contribution in [1.29, 1.82) is 0 Å². The number of nitrogens with zero attached hydrogens (tertiary/aromatic N) is 5. The van der Waals surface area contributed by atoms with Crippen LogP contribution in [0.1, 0.15) is 47.7 Å². The number of hydrogen-bond acceptors (Lipinski definition) is 7. The van der Waals surface area contributed by atoms with Crippen LogP contribution in [0.5, 0.6) is 0 Å². The van der Waals surface area contributed by atoms with E-state index in [-0.39, 0.29) is 43.4 Å². The Labute approximate surface area is 232 Å². The van der Waals surface area contributed by atoms with Crippen molar-refractivity contribution in [2.45, 2.75) is 45.3 Å². The molecule has 0 bridgehead atoms. The predicted octanol–water partition coefficient (Wildman–Crippen LogP) is 2.39. The van der Waals surface area contributed by atoms with Crippen molar-refractivity contribution < 1.29 is 19.5 Å². The van der Waals surface area contributed by atoms with Crippen LogP contribution in [0, 0.1) is 0 Å². The zero-order chi connectivity index (χ0) is 28.1. The summed E-state index contributed by atoms with van der Waals surface area (Å²) in [5.41, 5.74) is 1.32. The second-order valence-electron chi connectivity index (χ2n) is 9.96. The van der Waals surface area contributed by atoms with Gasteiger partial charge in [-0.3, -0.25) is 14.4 Å². The highest BCUT2D eigenvalue weighted by Crippen LogP contribution is 2.21. The van der Waals surface area contributed by atoms with Gasteiger partial charge in [-0.25, -0.2) is 9.97 Å². The van der Waals surface area contributed by atoms with E-state index in [1.165, 1.54) is 11.1 Å². The number of anilines is 1. The highest BCUT2D eigenvalue weighted by atomic mass is 35.5. The molecule has 4 rings (SSSR count). The first kappa shape index (κ1) is 28.5. The third kappa shape index (κ3) is 6.92. The lowest BCUT2D eigenvalue weighted by molar-refractivity contribution is -0.116. The molecule has 0 atom stereocenters. The van der Waals surface area contributed by atoms with Gasteiger partial charge >= 0.3 is 0 Å². The van der Waals surface area contributed by atoms with Crippen LogP contribution in [0.3, 0.4) is 0 Å². The van der Waals surface area contributed by atoms with Gasteiger partial charge in [0, 0.05) is 50.5 Å². The van der Waals surface area contributed by atoms with Crippen LogP contribution < -0.4 is 10.6 Å². The number of rotatable bonds is 9. The third-order valence-corrected chi connectivity index (χ3v) is 7.10. The average molecular weight is 556 g/mol. The summed E-state index contributed by atoms with van der Waals surface area (Å²) in [5.74, 6) is -0.640. The number of amides is 3. The van der Waals surface area contributed by atoms with Crippen molar-refractivity contribution >= 4 is 46.2 Å². The highest BCUT2D eigenvalue weighted by Gasteiger charge is 2.26. The Morgan fingerprint density at radius 1 is 1.18 bits per heavy atom. The van der Waals surface area contributed by atoms with E-state index in [9.17, 15) is 19.5 Å². The topological polar surface area (TPSA) is 133 Å². The van der Waals surface area contributed by atoms with Gasteiger partial charge in [-0.1, -0.05) is 11.6 Å². The molecular weight excluding hydrogens is 522 g/mol. The van der Waals surface area contributed by atoms with E-state index in [1.54, 1.807) is 41.9 Å². The SMILES string of the molecule is CC(C)N1CCC(NC(=O)c2nc3cc(C(=O)N(C)CCO)ccc3n2CC(=O)Nc2ccc(Cl)cn2)CC1. The van der Waals surface area contributed by atoms with Crippen LogP contribution in [-0.4, -0.2) is 92.5 Å². The first-order chi connectivity index (χ1) is 18.7. The molecule has 3 amide bonds. The Morgan fingerprint density at radius 3 is 2.56 bits per heavy atom. The Kier molecular flexibility index (Phi) is 9.16. The van der Waals surface area contributed by atoms with E-state index < -0.39 is 5.91 Å². The molecule has 3 N–H and O–H groups in total. The van der Waals surface area contributed by atoms with E-state index >= 15 is 0 Å². The molecule has 0 unspecified atom stereocenters. The number of aliphatic hydroxyl groups is 1. The summed E-state index contributed by atoms with van der Waals surface area (Å²) in [7, 11) is 1.60. The van der Waals surface area contributed by atoms with Crippen LogP contribution in [0.2, 0.25) is 5.02 Å². The zero-order valence-electron chi connectivity index (χ0n) is 22.4. The van der Waals surface area contributed by atoms with Crippen molar-refractivity contribution in [3.63, 3.8) is 0 Å². The molecule has 0 aliphatic carbocycles. The lowest BCUT2D eigenvalue weighted by Crippen LogP contribution is -2.47. The van der Waals surface area contributed by atoms with Crippen molar-refractivity contribution in [2.75, 3.05) is 38.6 Å². The van der Waals surface area contributed by atoms with Crippen LogP contribution in [0.4, 0.5) is 5.82 Å². The van der Waals surface area contributed by atoms with Gasteiger partial charge in [0.25, 0.3) is 11.8 Å². The standard InChI is InChI=1S/C27H34ClN7O4/c1-17(2)34-10-8-20(9-11-34)30-26(38)25-31-21-14-18(27(39)33(3)12-13-36)4-6-22(21)35(25)16-24(37)32-23-7-5-19(28)15-29-23/h4-7,14-15,17,20,36H,8-13,16H2,1-3H3,(H,30,38)(H,29,32,37). The Hall–Kier alpha value is -3.54. The summed E-state index contributed by atoms with van der Waals surface area (Å²) < 4.78 is 1.55. The molecule has 208 valence electrons. The smallest absolute Gasteiger partial charge is 0.287 e. The number of imidazole rings is 1. The molecule has 0 spiro atoms. The number of carbonyl (C=O) groups is 3. The Morgan fingerprint density at radius 2 is 1.92 bits per heavy atom. The fraction of sp³-hybridized carbons (Fsp3) is 0.444. The minimum Gasteiger partial charge on any atom is -0.395 e. The molecule has 1 fully saturated rings. The summed E-state index contributed by atoms with van der Waals surface area (Å²) in [6.07, 6.45) is 3.07. The first-order valence-electron chi connectivity index (χ1n) is 13.0. The number of piperidine rings is 1. The maximum absolute atomic E-state index is 13.4. The summed E-state index contributed by atoms with van der Waals surface area (Å²) in [6, 6.07) is 8.55. The third-order valence-electron chi connectivity index (χ3n) is 6.87. The number of hydrogen-bond donors (Lipinski definition) is 3. The summed E-state index contributed by atoms with van der Waals surface area (Å²) in [4.78, 5) is 51.6. The Bertz CT molecular complexity index is 1330. The van der Waals surface area contributed by atoms with Gasteiger partial charge in [0.2, 0.25) is 11.7 Å². The lowest BCUT2D eigenvalue weighted by Gasteiger charge is -2.34. The number of pyridine rings is 1. The number of fused-ring (bicyclic) bond motifs is 1. The monoisotopic (exact) mass is 555 g/mol. The maximum Gasteiger partial charge on any atom is 0.287 e. The Balaban J connectivity index is 1.60. The van der Waals surface area contributed by atoms with Gasteiger partial charge in [0.1, 0.15) is 12.4 Å². The molecule has 3 aromatic rings. The minimum absolute atomic E-state index is 0.00266. The van der Waals surface area contributed by atoms with Crippen LogP contribution in [0.25, 0.3) is 11.0 Å². The summed E-state index contributed by atoms with van der Waals surface area (Å²) >= 11 is 5.89. The lowest BCUT2D eigenvalue weighted by atomic mass is 10.0. The van der Waals surface area contributed by atoms with E-state index in [0.717, 1.165) is 25.9 Å². The molecule has 1 saturated heterocycles. The second kappa shape index (κ2) is 12.5. The molecule has 1 aliphatic heterocycles. The van der Waals surface area contributed by atoms with Gasteiger partial charge in [0.15, 0.2) is 0 Å². The number of nitrogens with one attached hydrogen (secondary N) is 2. The first-order valence-corrected chi connectivity index (χ1v) is 13.4. The molecule has 12 heteroatoms. The van der Waals surface area contributed by atoms with Crippen LogP contribution in [0.15, 0.2) is 36.5 Å². The average Bonchev–Trinajstić information content (AvgIpc) is 3.27. The molecule has 0 saturated carbocycles. The van der Waals surface area contributed by atoms with Crippen LogP contribution in [-0.2, 0) is 11.3 Å². The molecule has 1 aromatic carbocycles. The maximum atomic E-state index is 13.4. The van der Waals surface area contributed by atoms with Crippen molar-refractivity contribution in [3.8, 4) is 0 Å². The number of aliphatic hydroxyl groups excluding tert-OH is 1.